The van der Waals surface area contributed by atoms with Gasteiger partial charge in [-0.1, -0.05) is 0 Å². The van der Waals surface area contributed by atoms with Crippen LogP contribution < -0.4 is 19.6 Å². The van der Waals surface area contributed by atoms with Gasteiger partial charge in [0.25, 0.3) is 5.91 Å². The molecule has 2 N–H and O–H groups in total. The van der Waals surface area contributed by atoms with Gasteiger partial charge in [-0.3, -0.25) is 4.79 Å². The number of nitrogens with zero attached hydrogens (tertiary/aromatic N) is 1. The smallest absolute Gasteiger partial charge is 0.287 e. The molecule has 0 atom stereocenters. The van der Waals surface area contributed by atoms with Crippen LogP contribution in [0.15, 0.2) is 47.6 Å². The third-order valence-electron chi connectivity index (χ3n) is 3.94. The Bertz CT molecular complexity index is 961. The number of hydrazone groups is 1. The summed E-state index contributed by atoms with van der Waals surface area (Å²) in [6, 6.07) is 12.7. The van der Waals surface area contributed by atoms with Crippen molar-refractivity contribution in [2.45, 2.75) is 6.92 Å². The van der Waals surface area contributed by atoms with E-state index < -0.39 is 0 Å². The third-order valence-corrected chi connectivity index (χ3v) is 3.94. The molecule has 1 aromatic heterocycles. The first-order valence-corrected chi connectivity index (χ1v) is 8.45. The first-order valence-electron chi connectivity index (χ1n) is 8.45. The lowest BCUT2D eigenvalue weighted by Gasteiger charge is -2.04. The van der Waals surface area contributed by atoms with Crippen LogP contribution in [0.25, 0.3) is 10.9 Å². The van der Waals surface area contributed by atoms with Crippen LogP contribution in [0.4, 0.5) is 0 Å². The molecule has 1 amide bonds. The van der Waals surface area contributed by atoms with Gasteiger partial charge in [0.15, 0.2) is 0 Å². The Morgan fingerprint density at radius 3 is 2.56 bits per heavy atom. The molecule has 0 spiro atoms. The van der Waals surface area contributed by atoms with Crippen LogP contribution >= 0.6 is 0 Å². The third kappa shape index (κ3) is 4.20. The number of ether oxygens (including phenoxy) is 3. The van der Waals surface area contributed by atoms with Crippen molar-refractivity contribution in [1.29, 1.82) is 0 Å². The molecular weight excluding hydrogens is 346 g/mol. The van der Waals surface area contributed by atoms with E-state index in [9.17, 15) is 4.79 Å². The number of benzene rings is 2. The number of nitrogens with one attached hydrogen (secondary N) is 2. The number of hydrogen-bond acceptors (Lipinski definition) is 5. The molecule has 2 aromatic carbocycles. The second-order valence-electron chi connectivity index (χ2n) is 5.68. The fourth-order valence-corrected chi connectivity index (χ4v) is 2.63. The first kappa shape index (κ1) is 18.3. The fraction of sp³-hybridized carbons (Fsp3) is 0.200. The summed E-state index contributed by atoms with van der Waals surface area (Å²) in [5, 5.41) is 4.79. The Hall–Kier alpha value is -3.48. The number of hydrogen-bond donors (Lipinski definition) is 2. The van der Waals surface area contributed by atoms with Crippen molar-refractivity contribution in [2.75, 3.05) is 20.8 Å². The fourth-order valence-electron chi connectivity index (χ4n) is 2.63. The minimum absolute atomic E-state index is 0.352. The highest BCUT2D eigenvalue weighted by atomic mass is 16.5. The summed E-state index contributed by atoms with van der Waals surface area (Å²) in [6.07, 6.45) is 1.57. The summed E-state index contributed by atoms with van der Waals surface area (Å²) in [6.45, 7) is 2.55. The maximum absolute atomic E-state index is 12.3. The molecule has 1 heterocycles. The first-order chi connectivity index (χ1) is 13.1. The molecule has 27 heavy (non-hydrogen) atoms. The average Bonchev–Trinajstić information content (AvgIpc) is 3.13. The predicted molar refractivity (Wildman–Crippen MR) is 104 cm³/mol. The van der Waals surface area contributed by atoms with Crippen molar-refractivity contribution in [3.8, 4) is 17.2 Å². The van der Waals surface area contributed by atoms with Gasteiger partial charge in [0, 0.05) is 17.5 Å². The lowest BCUT2D eigenvalue weighted by atomic mass is 10.2. The molecule has 7 heteroatoms. The van der Waals surface area contributed by atoms with E-state index >= 15 is 0 Å². The van der Waals surface area contributed by atoms with E-state index in [-0.39, 0.29) is 5.91 Å². The molecule has 0 saturated heterocycles. The maximum Gasteiger partial charge on any atom is 0.287 e. The Balaban J connectivity index is 1.72. The molecule has 7 nitrogen and oxygen atoms in total. The lowest BCUT2D eigenvalue weighted by molar-refractivity contribution is 0.0951. The van der Waals surface area contributed by atoms with Gasteiger partial charge in [0.05, 0.1) is 32.6 Å². The molecule has 0 unspecified atom stereocenters. The van der Waals surface area contributed by atoms with Crippen molar-refractivity contribution in [2.24, 2.45) is 5.10 Å². The van der Waals surface area contributed by atoms with E-state index in [0.717, 1.165) is 22.2 Å². The van der Waals surface area contributed by atoms with Crippen molar-refractivity contribution in [3.05, 3.63) is 53.7 Å². The van der Waals surface area contributed by atoms with Crippen LogP contribution in [-0.4, -0.2) is 37.9 Å². The van der Waals surface area contributed by atoms with Gasteiger partial charge in [-0.15, -0.1) is 0 Å². The van der Waals surface area contributed by atoms with E-state index in [0.29, 0.717) is 23.8 Å². The van der Waals surface area contributed by atoms with Crippen molar-refractivity contribution in [1.82, 2.24) is 10.4 Å². The number of amides is 1. The summed E-state index contributed by atoms with van der Waals surface area (Å²) < 4.78 is 16.0. The quantitative estimate of drug-likeness (QED) is 0.495. The van der Waals surface area contributed by atoms with Crippen LogP contribution in [0.1, 0.15) is 23.0 Å². The summed E-state index contributed by atoms with van der Waals surface area (Å²) in [4.78, 5) is 15.4. The van der Waals surface area contributed by atoms with Gasteiger partial charge in [-0.25, -0.2) is 5.43 Å². The molecule has 0 aliphatic carbocycles. The van der Waals surface area contributed by atoms with Gasteiger partial charge in [0.2, 0.25) is 0 Å². The molecule has 0 aliphatic rings. The zero-order valence-corrected chi connectivity index (χ0v) is 15.4. The number of aromatic nitrogens is 1. The van der Waals surface area contributed by atoms with Crippen molar-refractivity contribution < 1.29 is 19.0 Å². The monoisotopic (exact) mass is 367 g/mol. The van der Waals surface area contributed by atoms with Gasteiger partial charge >= 0.3 is 0 Å². The SMILES string of the molecule is CCOc1ccc(/C=N/NC(=O)c2cc3c(OC)cc(OC)cc3[nH]2)cc1. The number of H-pyrrole nitrogens is 1. The van der Waals surface area contributed by atoms with Crippen LogP contribution in [0.5, 0.6) is 17.2 Å². The molecule has 3 rings (SSSR count). The zero-order chi connectivity index (χ0) is 19.2. The lowest BCUT2D eigenvalue weighted by Crippen LogP contribution is -2.17. The number of methoxy groups -OCH3 is 2. The largest absolute Gasteiger partial charge is 0.497 e. The Morgan fingerprint density at radius 1 is 1.11 bits per heavy atom. The molecular formula is C20H21N3O4. The number of aromatic amines is 1. The second-order valence-corrected chi connectivity index (χ2v) is 5.68. The summed E-state index contributed by atoms with van der Waals surface area (Å²) in [5.41, 5.74) is 4.48. The van der Waals surface area contributed by atoms with Crippen LogP contribution in [0.2, 0.25) is 0 Å². The summed E-state index contributed by atoms with van der Waals surface area (Å²) in [7, 11) is 3.15. The molecule has 140 valence electrons. The molecule has 3 aromatic rings. The number of rotatable bonds is 7. The standard InChI is InChI=1S/C20H21N3O4/c1-4-27-14-7-5-13(6-8-14)12-21-23-20(24)18-11-16-17(22-18)9-15(25-2)10-19(16)26-3/h5-12,22H,4H2,1-3H3,(H,23,24)/b21-12+. The number of carbonyl (C=O) groups excluding carboxylic acids is 1. The minimum Gasteiger partial charge on any atom is -0.497 e. The summed E-state index contributed by atoms with van der Waals surface area (Å²) >= 11 is 0. The van der Waals surface area contributed by atoms with Gasteiger partial charge in [-0.05, 0) is 42.8 Å². The highest BCUT2D eigenvalue weighted by Crippen LogP contribution is 2.31. The Labute approximate surface area is 156 Å². The van der Waals surface area contributed by atoms with Gasteiger partial charge < -0.3 is 19.2 Å². The van der Waals surface area contributed by atoms with E-state index in [1.54, 1.807) is 38.6 Å². The van der Waals surface area contributed by atoms with Crippen molar-refractivity contribution >= 4 is 23.0 Å². The number of carbonyl (C=O) groups is 1. The highest BCUT2D eigenvalue weighted by Gasteiger charge is 2.13. The minimum atomic E-state index is -0.352. The highest BCUT2D eigenvalue weighted by molar-refractivity contribution is 6.00. The number of fused-ring (bicyclic) bond motifs is 1. The van der Waals surface area contributed by atoms with E-state index in [1.165, 1.54) is 0 Å². The average molecular weight is 367 g/mol. The van der Waals surface area contributed by atoms with Crippen molar-refractivity contribution in [3.63, 3.8) is 0 Å². The van der Waals surface area contributed by atoms with Crippen LogP contribution in [-0.2, 0) is 0 Å². The van der Waals surface area contributed by atoms with Gasteiger partial charge in [0.1, 0.15) is 22.9 Å². The second kappa shape index (κ2) is 8.27. The Morgan fingerprint density at radius 2 is 1.89 bits per heavy atom. The molecule has 0 aliphatic heterocycles. The zero-order valence-electron chi connectivity index (χ0n) is 15.4. The maximum atomic E-state index is 12.3. The molecule has 0 bridgehead atoms. The van der Waals surface area contributed by atoms with Crippen LogP contribution in [0.3, 0.4) is 0 Å². The van der Waals surface area contributed by atoms with E-state index in [1.807, 2.05) is 31.2 Å². The van der Waals surface area contributed by atoms with Crippen LogP contribution in [0, 0.1) is 0 Å². The summed E-state index contributed by atoms with van der Waals surface area (Å²) in [5.74, 6) is 1.70. The molecule has 0 saturated carbocycles. The normalized spacial score (nSPS) is 10.9. The Kier molecular flexibility index (Phi) is 5.61. The van der Waals surface area contributed by atoms with E-state index in [4.69, 9.17) is 14.2 Å². The van der Waals surface area contributed by atoms with E-state index in [2.05, 4.69) is 15.5 Å². The topological polar surface area (TPSA) is 84.9 Å². The molecule has 0 radical (unpaired) electrons. The predicted octanol–water partition coefficient (Wildman–Crippen LogP) is 3.35. The molecule has 0 fully saturated rings. The van der Waals surface area contributed by atoms with Gasteiger partial charge in [-0.2, -0.15) is 5.10 Å².